The number of nitrogens with zero attached hydrogens (tertiary/aromatic N) is 1. The van der Waals surface area contributed by atoms with Gasteiger partial charge in [0.05, 0.1) is 5.60 Å². The van der Waals surface area contributed by atoms with Crippen LogP contribution in [0.5, 0.6) is 0 Å². The first-order chi connectivity index (χ1) is 8.96. The predicted molar refractivity (Wildman–Crippen MR) is 75.9 cm³/mol. The summed E-state index contributed by atoms with van der Waals surface area (Å²) in [4.78, 5) is 14.5. The normalized spacial score (nSPS) is 34.2. The average Bonchev–Trinajstić information content (AvgIpc) is 2.54. The first kappa shape index (κ1) is 14.8. The van der Waals surface area contributed by atoms with Crippen molar-refractivity contribution >= 4 is 5.91 Å². The van der Waals surface area contributed by atoms with Crippen molar-refractivity contribution in [2.45, 2.75) is 64.0 Å². The number of aliphatic hydroxyl groups is 1. The van der Waals surface area contributed by atoms with Crippen LogP contribution in [0.25, 0.3) is 0 Å². The fourth-order valence-electron chi connectivity index (χ4n) is 3.30. The molecular formula is C15H28N2O2. The Labute approximate surface area is 116 Å². The highest BCUT2D eigenvalue weighted by atomic mass is 16.3. The Hall–Kier alpha value is -0.610. The standard InChI is InChI=1S/C15H28N2O2/c1-12(11-17-7-5-3-4-6-8-17)16-14(18)13-9-15(2,19)10-13/h12-13,19H,3-11H2,1-2H3,(H,16,18). The van der Waals surface area contributed by atoms with Gasteiger partial charge in [-0.25, -0.2) is 0 Å². The molecular weight excluding hydrogens is 240 g/mol. The molecule has 1 aliphatic heterocycles. The lowest BCUT2D eigenvalue weighted by Crippen LogP contribution is -2.51. The second-order valence-corrected chi connectivity index (χ2v) is 6.73. The third-order valence-electron chi connectivity index (χ3n) is 4.36. The molecule has 1 saturated carbocycles. The highest BCUT2D eigenvalue weighted by Gasteiger charge is 2.42. The lowest BCUT2D eigenvalue weighted by molar-refractivity contribution is -0.139. The molecule has 4 heteroatoms. The van der Waals surface area contributed by atoms with Gasteiger partial charge in [-0.15, -0.1) is 0 Å². The lowest BCUT2D eigenvalue weighted by atomic mass is 9.72. The minimum atomic E-state index is -0.615. The Morgan fingerprint density at radius 1 is 1.32 bits per heavy atom. The van der Waals surface area contributed by atoms with Crippen LogP contribution in [0.3, 0.4) is 0 Å². The SMILES string of the molecule is CC(CN1CCCCCC1)NC(=O)C1CC(C)(O)C1. The van der Waals surface area contributed by atoms with E-state index in [1.165, 1.54) is 38.8 Å². The molecule has 1 heterocycles. The Morgan fingerprint density at radius 2 is 1.89 bits per heavy atom. The number of nitrogens with one attached hydrogen (secondary N) is 1. The summed E-state index contributed by atoms with van der Waals surface area (Å²) in [5.41, 5.74) is -0.615. The minimum Gasteiger partial charge on any atom is -0.390 e. The molecule has 1 atom stereocenters. The van der Waals surface area contributed by atoms with E-state index in [0.29, 0.717) is 12.8 Å². The van der Waals surface area contributed by atoms with Crippen LogP contribution in [0.15, 0.2) is 0 Å². The van der Waals surface area contributed by atoms with Gasteiger partial charge in [0.25, 0.3) is 0 Å². The highest BCUT2D eigenvalue weighted by Crippen LogP contribution is 2.37. The summed E-state index contributed by atoms with van der Waals surface area (Å²) >= 11 is 0. The smallest absolute Gasteiger partial charge is 0.223 e. The molecule has 1 aliphatic carbocycles. The minimum absolute atomic E-state index is 0.0154. The largest absolute Gasteiger partial charge is 0.390 e. The van der Waals surface area contributed by atoms with E-state index in [2.05, 4.69) is 17.1 Å². The molecule has 19 heavy (non-hydrogen) atoms. The number of likely N-dealkylation sites (tertiary alicyclic amines) is 1. The zero-order valence-corrected chi connectivity index (χ0v) is 12.3. The van der Waals surface area contributed by atoms with Crippen molar-refractivity contribution in [1.82, 2.24) is 10.2 Å². The fourth-order valence-corrected chi connectivity index (χ4v) is 3.30. The van der Waals surface area contributed by atoms with Gasteiger partial charge in [0, 0.05) is 18.5 Å². The lowest BCUT2D eigenvalue weighted by Gasteiger charge is -2.40. The summed E-state index contributed by atoms with van der Waals surface area (Å²) in [5.74, 6) is 0.135. The van der Waals surface area contributed by atoms with E-state index in [0.717, 1.165) is 6.54 Å². The molecule has 1 unspecified atom stereocenters. The second kappa shape index (κ2) is 6.23. The summed E-state index contributed by atoms with van der Waals surface area (Å²) in [6.45, 7) is 7.17. The maximum atomic E-state index is 12.0. The Balaban J connectivity index is 1.68. The monoisotopic (exact) mass is 268 g/mol. The van der Waals surface area contributed by atoms with Crippen LogP contribution < -0.4 is 5.32 Å². The van der Waals surface area contributed by atoms with Gasteiger partial charge in [-0.1, -0.05) is 12.8 Å². The van der Waals surface area contributed by atoms with Crippen LogP contribution in [0.1, 0.15) is 52.4 Å². The van der Waals surface area contributed by atoms with Gasteiger partial charge in [-0.05, 0) is 52.6 Å². The zero-order valence-electron chi connectivity index (χ0n) is 12.3. The van der Waals surface area contributed by atoms with Crippen LogP contribution in [0.4, 0.5) is 0 Å². The van der Waals surface area contributed by atoms with E-state index in [1.54, 1.807) is 6.92 Å². The quantitative estimate of drug-likeness (QED) is 0.813. The molecule has 2 N–H and O–H groups in total. The summed E-state index contributed by atoms with van der Waals surface area (Å²) in [6, 6.07) is 0.205. The summed E-state index contributed by atoms with van der Waals surface area (Å²) in [5, 5.41) is 12.8. The molecule has 0 aromatic carbocycles. The molecule has 0 aromatic rings. The molecule has 2 rings (SSSR count). The molecule has 2 fully saturated rings. The van der Waals surface area contributed by atoms with Gasteiger partial charge < -0.3 is 15.3 Å². The fraction of sp³-hybridized carbons (Fsp3) is 0.933. The van der Waals surface area contributed by atoms with Crippen molar-refractivity contribution in [2.75, 3.05) is 19.6 Å². The van der Waals surface area contributed by atoms with Crippen molar-refractivity contribution in [2.24, 2.45) is 5.92 Å². The van der Waals surface area contributed by atoms with Gasteiger partial charge in [0.1, 0.15) is 0 Å². The first-order valence-electron chi connectivity index (χ1n) is 7.71. The molecule has 4 nitrogen and oxygen atoms in total. The van der Waals surface area contributed by atoms with Crippen molar-refractivity contribution in [3.8, 4) is 0 Å². The maximum absolute atomic E-state index is 12.0. The van der Waals surface area contributed by atoms with Crippen LogP contribution in [0.2, 0.25) is 0 Å². The van der Waals surface area contributed by atoms with E-state index < -0.39 is 5.60 Å². The summed E-state index contributed by atoms with van der Waals surface area (Å²) in [6.07, 6.45) is 6.46. The molecule has 1 amide bonds. The van der Waals surface area contributed by atoms with Crippen LogP contribution in [0, 0.1) is 5.92 Å². The van der Waals surface area contributed by atoms with Gasteiger partial charge in [0.15, 0.2) is 0 Å². The van der Waals surface area contributed by atoms with E-state index in [9.17, 15) is 9.90 Å². The van der Waals surface area contributed by atoms with Crippen molar-refractivity contribution < 1.29 is 9.90 Å². The second-order valence-electron chi connectivity index (χ2n) is 6.73. The van der Waals surface area contributed by atoms with Gasteiger partial charge >= 0.3 is 0 Å². The number of carbonyl (C=O) groups excluding carboxylic acids is 1. The van der Waals surface area contributed by atoms with Crippen LogP contribution in [-0.2, 0) is 4.79 Å². The zero-order chi connectivity index (χ0) is 13.9. The maximum Gasteiger partial charge on any atom is 0.223 e. The Kier molecular flexibility index (Phi) is 4.85. The predicted octanol–water partition coefficient (Wildman–Crippen LogP) is 1.53. The Morgan fingerprint density at radius 3 is 2.42 bits per heavy atom. The van der Waals surface area contributed by atoms with Gasteiger partial charge in [0.2, 0.25) is 5.91 Å². The summed E-state index contributed by atoms with van der Waals surface area (Å²) in [7, 11) is 0. The molecule has 2 aliphatic rings. The number of carbonyl (C=O) groups is 1. The number of amides is 1. The van der Waals surface area contributed by atoms with Crippen LogP contribution >= 0.6 is 0 Å². The molecule has 0 bridgehead atoms. The molecule has 0 spiro atoms. The third-order valence-corrected chi connectivity index (χ3v) is 4.36. The topological polar surface area (TPSA) is 52.6 Å². The molecule has 1 saturated heterocycles. The average molecular weight is 268 g/mol. The van der Waals surface area contributed by atoms with Crippen LogP contribution in [-0.4, -0.2) is 47.2 Å². The van der Waals surface area contributed by atoms with Gasteiger partial charge in [-0.2, -0.15) is 0 Å². The van der Waals surface area contributed by atoms with E-state index in [4.69, 9.17) is 0 Å². The summed E-state index contributed by atoms with van der Waals surface area (Å²) < 4.78 is 0. The van der Waals surface area contributed by atoms with E-state index >= 15 is 0 Å². The van der Waals surface area contributed by atoms with Crippen molar-refractivity contribution in [1.29, 1.82) is 0 Å². The number of rotatable bonds is 4. The highest BCUT2D eigenvalue weighted by molar-refractivity contribution is 5.80. The molecule has 0 radical (unpaired) electrons. The Bertz CT molecular complexity index is 301. The van der Waals surface area contributed by atoms with Crippen molar-refractivity contribution in [3.63, 3.8) is 0 Å². The first-order valence-corrected chi connectivity index (χ1v) is 7.71. The number of hydrogen-bond donors (Lipinski definition) is 2. The molecule has 110 valence electrons. The van der Waals surface area contributed by atoms with E-state index in [1.807, 2.05) is 0 Å². The van der Waals surface area contributed by atoms with E-state index in [-0.39, 0.29) is 17.9 Å². The third kappa shape index (κ3) is 4.46. The van der Waals surface area contributed by atoms with Crippen molar-refractivity contribution in [3.05, 3.63) is 0 Å². The molecule has 0 aromatic heterocycles. The number of hydrogen-bond acceptors (Lipinski definition) is 3. The van der Waals surface area contributed by atoms with Gasteiger partial charge in [-0.3, -0.25) is 4.79 Å².